The van der Waals surface area contributed by atoms with E-state index in [0.29, 0.717) is 11.3 Å². The van der Waals surface area contributed by atoms with Crippen molar-refractivity contribution in [2.75, 3.05) is 0 Å². The predicted molar refractivity (Wildman–Crippen MR) is 48.7 cm³/mol. The van der Waals surface area contributed by atoms with Crippen LogP contribution in [0, 0.1) is 6.92 Å². The van der Waals surface area contributed by atoms with Crippen LogP contribution in [0.2, 0.25) is 0 Å². The van der Waals surface area contributed by atoms with E-state index in [0.717, 1.165) is 24.8 Å². The van der Waals surface area contributed by atoms with E-state index < -0.39 is 11.6 Å². The lowest BCUT2D eigenvalue weighted by molar-refractivity contribution is 0.0690. The Morgan fingerprint density at radius 3 is 2.79 bits per heavy atom. The highest BCUT2D eigenvalue weighted by Crippen LogP contribution is 2.25. The van der Waals surface area contributed by atoms with Crippen LogP contribution >= 0.6 is 0 Å². The molecule has 1 aliphatic rings. The Morgan fingerprint density at radius 1 is 1.43 bits per heavy atom. The smallest absolute Gasteiger partial charge is 0.350 e. The van der Waals surface area contributed by atoms with Gasteiger partial charge in [-0.2, -0.15) is 0 Å². The lowest BCUT2D eigenvalue weighted by Crippen LogP contribution is -2.17. The minimum Gasteiger partial charge on any atom is -0.477 e. The first kappa shape index (κ1) is 8.99. The van der Waals surface area contributed by atoms with E-state index in [1.165, 1.54) is 0 Å². The fourth-order valence-electron chi connectivity index (χ4n) is 1.94. The summed E-state index contributed by atoms with van der Waals surface area (Å²) in [7, 11) is 0. The number of aromatic carboxylic acids is 1. The minimum absolute atomic E-state index is 0.217. The van der Waals surface area contributed by atoms with Gasteiger partial charge in [0.05, 0.1) is 0 Å². The first-order valence-corrected chi connectivity index (χ1v) is 4.50. The zero-order valence-corrected chi connectivity index (χ0v) is 7.79. The number of fused-ring (bicyclic) bond motifs is 1. The third kappa shape index (κ3) is 1.14. The predicted octanol–water partition coefficient (Wildman–Crippen LogP) is 1.14. The molecular formula is C10H10O4. The van der Waals surface area contributed by atoms with Gasteiger partial charge in [0, 0.05) is 6.42 Å². The summed E-state index contributed by atoms with van der Waals surface area (Å²) in [5, 5.41) is 8.82. The first-order chi connectivity index (χ1) is 6.61. The summed E-state index contributed by atoms with van der Waals surface area (Å²) in [4.78, 5) is 22.1. The van der Waals surface area contributed by atoms with Gasteiger partial charge in [-0.25, -0.2) is 9.59 Å². The first-order valence-electron chi connectivity index (χ1n) is 4.50. The van der Waals surface area contributed by atoms with Gasteiger partial charge in [0.15, 0.2) is 0 Å². The molecule has 4 heteroatoms. The number of carboxylic acid groups (broad SMARTS) is 1. The van der Waals surface area contributed by atoms with Crippen LogP contribution in [0.1, 0.15) is 33.7 Å². The molecule has 0 bridgehead atoms. The van der Waals surface area contributed by atoms with Crippen LogP contribution in [-0.2, 0) is 12.8 Å². The summed E-state index contributed by atoms with van der Waals surface area (Å²) in [6, 6.07) is 0. The Kier molecular flexibility index (Phi) is 1.91. The molecule has 0 unspecified atom stereocenters. The summed E-state index contributed by atoms with van der Waals surface area (Å²) in [6.07, 6.45) is 2.48. The van der Waals surface area contributed by atoms with Crippen LogP contribution in [0.4, 0.5) is 0 Å². The third-order valence-corrected chi connectivity index (χ3v) is 2.63. The summed E-state index contributed by atoms with van der Waals surface area (Å²) in [5.41, 5.74) is 0.532. The Bertz CT molecular complexity index is 456. The normalized spacial score (nSPS) is 14.1. The molecule has 0 atom stereocenters. The number of hydrogen-bond donors (Lipinski definition) is 1. The molecule has 0 radical (unpaired) electrons. The lowest BCUT2D eigenvalue weighted by atomic mass is 10.1. The van der Waals surface area contributed by atoms with Crippen molar-refractivity contribution in [1.82, 2.24) is 0 Å². The zero-order valence-electron chi connectivity index (χ0n) is 7.79. The zero-order chi connectivity index (χ0) is 10.3. The van der Waals surface area contributed by atoms with E-state index >= 15 is 0 Å². The summed E-state index contributed by atoms with van der Waals surface area (Å²) >= 11 is 0. The molecular weight excluding hydrogens is 184 g/mol. The standard InChI is InChI=1S/C10H10O4/c1-5-6-3-2-4-7(6)14-10(13)8(5)9(11)12/h2-4H2,1H3,(H,11,12). The number of hydrogen-bond acceptors (Lipinski definition) is 3. The molecule has 0 spiro atoms. The fourth-order valence-corrected chi connectivity index (χ4v) is 1.94. The maximum atomic E-state index is 11.3. The molecule has 0 fully saturated rings. The highest BCUT2D eigenvalue weighted by molar-refractivity contribution is 5.89. The van der Waals surface area contributed by atoms with Crippen molar-refractivity contribution in [3.63, 3.8) is 0 Å². The largest absolute Gasteiger partial charge is 0.477 e. The highest BCUT2D eigenvalue weighted by Gasteiger charge is 2.23. The minimum atomic E-state index is -1.20. The second kappa shape index (κ2) is 2.97. The quantitative estimate of drug-likeness (QED) is 0.727. The molecule has 1 aliphatic carbocycles. The van der Waals surface area contributed by atoms with E-state index in [-0.39, 0.29) is 5.56 Å². The van der Waals surface area contributed by atoms with Crippen molar-refractivity contribution < 1.29 is 14.3 Å². The molecule has 1 aromatic heterocycles. The van der Waals surface area contributed by atoms with E-state index in [2.05, 4.69) is 0 Å². The van der Waals surface area contributed by atoms with E-state index in [9.17, 15) is 9.59 Å². The SMILES string of the molecule is Cc1c2c(oc(=O)c1C(=O)O)CCC2. The van der Waals surface area contributed by atoms with Gasteiger partial charge in [-0.05, 0) is 30.9 Å². The maximum Gasteiger partial charge on any atom is 0.350 e. The average molecular weight is 194 g/mol. The molecule has 1 N–H and O–H groups in total. The van der Waals surface area contributed by atoms with Gasteiger partial charge < -0.3 is 9.52 Å². The summed E-state index contributed by atoms with van der Waals surface area (Å²) < 4.78 is 4.96. The summed E-state index contributed by atoms with van der Waals surface area (Å²) in [5.74, 6) is -0.538. The monoisotopic (exact) mass is 194 g/mol. The molecule has 1 aromatic rings. The molecule has 0 aliphatic heterocycles. The van der Waals surface area contributed by atoms with Gasteiger partial charge in [-0.3, -0.25) is 0 Å². The molecule has 0 aromatic carbocycles. The molecule has 14 heavy (non-hydrogen) atoms. The van der Waals surface area contributed by atoms with Gasteiger partial charge in [-0.15, -0.1) is 0 Å². The third-order valence-electron chi connectivity index (χ3n) is 2.63. The van der Waals surface area contributed by atoms with Crippen LogP contribution < -0.4 is 5.63 Å². The molecule has 74 valence electrons. The van der Waals surface area contributed by atoms with Crippen LogP contribution in [0.15, 0.2) is 9.21 Å². The van der Waals surface area contributed by atoms with Gasteiger partial charge in [0.1, 0.15) is 11.3 Å². The molecule has 0 saturated heterocycles. The second-order valence-corrected chi connectivity index (χ2v) is 3.45. The van der Waals surface area contributed by atoms with E-state index in [4.69, 9.17) is 9.52 Å². The fraction of sp³-hybridized carbons (Fsp3) is 0.400. The number of aryl methyl sites for hydroxylation is 1. The van der Waals surface area contributed by atoms with E-state index in [1.54, 1.807) is 6.92 Å². The molecule has 4 nitrogen and oxygen atoms in total. The number of rotatable bonds is 1. The summed E-state index contributed by atoms with van der Waals surface area (Å²) in [6.45, 7) is 1.67. The van der Waals surface area contributed by atoms with Gasteiger partial charge in [0.25, 0.3) is 0 Å². The Morgan fingerprint density at radius 2 is 2.14 bits per heavy atom. The maximum absolute atomic E-state index is 11.3. The average Bonchev–Trinajstić information content (AvgIpc) is 2.50. The van der Waals surface area contributed by atoms with Crippen molar-refractivity contribution in [3.8, 4) is 0 Å². The van der Waals surface area contributed by atoms with E-state index in [1.807, 2.05) is 0 Å². The molecule has 0 amide bonds. The Labute approximate surface area is 80.2 Å². The van der Waals surface area contributed by atoms with Crippen LogP contribution in [0.5, 0.6) is 0 Å². The topological polar surface area (TPSA) is 67.5 Å². The van der Waals surface area contributed by atoms with Crippen molar-refractivity contribution in [3.05, 3.63) is 32.9 Å². The number of carboxylic acids is 1. The van der Waals surface area contributed by atoms with Crippen molar-refractivity contribution in [2.45, 2.75) is 26.2 Å². The number of carbonyl (C=O) groups is 1. The van der Waals surface area contributed by atoms with Crippen molar-refractivity contribution >= 4 is 5.97 Å². The Hall–Kier alpha value is -1.58. The molecule has 1 heterocycles. The van der Waals surface area contributed by atoms with Crippen molar-refractivity contribution in [2.24, 2.45) is 0 Å². The lowest BCUT2D eigenvalue weighted by Gasteiger charge is -2.04. The van der Waals surface area contributed by atoms with Gasteiger partial charge in [0.2, 0.25) is 0 Å². The van der Waals surface area contributed by atoms with Crippen LogP contribution in [0.25, 0.3) is 0 Å². The molecule has 0 saturated carbocycles. The van der Waals surface area contributed by atoms with Crippen LogP contribution in [0.3, 0.4) is 0 Å². The molecule has 2 rings (SSSR count). The van der Waals surface area contributed by atoms with Gasteiger partial charge in [-0.1, -0.05) is 0 Å². The van der Waals surface area contributed by atoms with Gasteiger partial charge >= 0.3 is 11.6 Å². The highest BCUT2D eigenvalue weighted by atomic mass is 16.4. The van der Waals surface area contributed by atoms with Crippen LogP contribution in [-0.4, -0.2) is 11.1 Å². The van der Waals surface area contributed by atoms with Crippen molar-refractivity contribution in [1.29, 1.82) is 0 Å². The second-order valence-electron chi connectivity index (χ2n) is 3.45. The Balaban J connectivity index is 2.75.